The minimum Gasteiger partial charge on any atom is -0.493 e. The van der Waals surface area contributed by atoms with Crippen LogP contribution in [0.25, 0.3) is 10.1 Å². The molecule has 0 saturated heterocycles. The van der Waals surface area contributed by atoms with E-state index in [1.165, 1.54) is 20.3 Å². The van der Waals surface area contributed by atoms with Crippen LogP contribution in [0.1, 0.15) is 66.8 Å². The number of Topliss-reactive ketones (excluding diaryl/α,β-unsaturated/α-hetero) is 1. The smallest absolute Gasteiger partial charge is 0.306 e. The Balaban J connectivity index is 1.35. The molecule has 2 heterocycles. The van der Waals surface area contributed by atoms with Gasteiger partial charge in [0, 0.05) is 55.0 Å². The van der Waals surface area contributed by atoms with Crippen molar-refractivity contribution in [3.05, 3.63) is 45.0 Å². The summed E-state index contributed by atoms with van der Waals surface area (Å²) < 4.78 is 48.8. The second kappa shape index (κ2) is 17.5. The Morgan fingerprint density at radius 1 is 0.959 bits per heavy atom. The molecule has 4 rings (SSSR count). The van der Waals surface area contributed by atoms with Gasteiger partial charge in [0.1, 0.15) is 6.10 Å². The van der Waals surface area contributed by atoms with Crippen LogP contribution < -0.4 is 24.7 Å². The van der Waals surface area contributed by atoms with E-state index in [9.17, 15) is 19.2 Å². The first kappa shape index (κ1) is 37.7. The molecule has 3 aromatic rings. The molecule has 1 aliphatic heterocycles. The number of carbonyl (C=O) groups excluding carboxylic acids is 4. The van der Waals surface area contributed by atoms with E-state index in [0.29, 0.717) is 39.1 Å². The summed E-state index contributed by atoms with van der Waals surface area (Å²) in [5, 5.41) is 0.518. The Hall–Kier alpha value is -4.14. The Bertz CT molecular complexity index is 1700. The predicted molar refractivity (Wildman–Crippen MR) is 180 cm³/mol. The molecule has 0 bridgehead atoms. The quantitative estimate of drug-likeness (QED) is 0.0992. The van der Waals surface area contributed by atoms with E-state index < -0.39 is 23.9 Å². The van der Waals surface area contributed by atoms with Crippen LogP contribution in [0.2, 0.25) is 5.02 Å². The molecule has 266 valence electrons. The average molecular weight is 723 g/mol. The highest BCUT2D eigenvalue weighted by Crippen LogP contribution is 2.44. The number of ether oxygens (including phenoxy) is 6. The Morgan fingerprint density at radius 3 is 2.31 bits per heavy atom. The average Bonchev–Trinajstić information content (AvgIpc) is 3.73. The minimum absolute atomic E-state index is 0.0106. The summed E-state index contributed by atoms with van der Waals surface area (Å²) >= 11 is 7.84. The number of fused-ring (bicyclic) bond motifs is 2. The van der Waals surface area contributed by atoms with E-state index in [2.05, 4.69) is 0 Å². The molecule has 12 nitrogen and oxygen atoms in total. The number of rotatable bonds is 18. The van der Waals surface area contributed by atoms with Gasteiger partial charge in [-0.05, 0) is 37.1 Å². The van der Waals surface area contributed by atoms with Crippen molar-refractivity contribution >= 4 is 56.7 Å². The van der Waals surface area contributed by atoms with E-state index in [0.717, 1.165) is 22.5 Å². The first-order chi connectivity index (χ1) is 23.5. The van der Waals surface area contributed by atoms with Crippen LogP contribution in [0.3, 0.4) is 0 Å². The van der Waals surface area contributed by atoms with Crippen molar-refractivity contribution in [1.82, 2.24) is 4.90 Å². The second-order valence-electron chi connectivity index (χ2n) is 11.2. The fourth-order valence-electron chi connectivity index (χ4n) is 5.12. The van der Waals surface area contributed by atoms with Gasteiger partial charge < -0.3 is 39.1 Å². The summed E-state index contributed by atoms with van der Waals surface area (Å²) in [6, 6.07) is 4.82. The van der Waals surface area contributed by atoms with Gasteiger partial charge in [-0.15, -0.1) is 11.3 Å². The molecule has 1 atom stereocenters. The van der Waals surface area contributed by atoms with Crippen molar-refractivity contribution in [1.29, 1.82) is 0 Å². The van der Waals surface area contributed by atoms with Crippen LogP contribution in [0.15, 0.2) is 18.2 Å². The molecule has 0 saturated carbocycles. The van der Waals surface area contributed by atoms with Gasteiger partial charge in [0.2, 0.25) is 5.91 Å². The maximum Gasteiger partial charge on any atom is 0.306 e. The molecule has 0 spiro atoms. The highest BCUT2D eigenvalue weighted by atomic mass is 35.5. The van der Waals surface area contributed by atoms with Gasteiger partial charge in [-0.1, -0.05) is 11.6 Å². The van der Waals surface area contributed by atoms with Gasteiger partial charge in [-0.3, -0.25) is 19.2 Å². The molecule has 0 unspecified atom stereocenters. The Morgan fingerprint density at radius 2 is 1.63 bits per heavy atom. The number of thiophene rings is 1. The van der Waals surface area contributed by atoms with Crippen LogP contribution in [-0.2, 0) is 36.9 Å². The third kappa shape index (κ3) is 9.31. The maximum absolute atomic E-state index is 15.6. The van der Waals surface area contributed by atoms with Gasteiger partial charge in [0.05, 0.1) is 56.8 Å². The van der Waals surface area contributed by atoms with Crippen LogP contribution in [0.5, 0.6) is 23.0 Å². The van der Waals surface area contributed by atoms with Crippen LogP contribution in [0, 0.1) is 5.82 Å². The Labute approximate surface area is 292 Å². The molecule has 0 aliphatic carbocycles. The van der Waals surface area contributed by atoms with Crippen molar-refractivity contribution in [2.45, 2.75) is 65.1 Å². The fraction of sp³-hybridized carbons (Fsp3) is 0.471. The highest BCUT2D eigenvalue weighted by Gasteiger charge is 2.30. The van der Waals surface area contributed by atoms with E-state index in [4.69, 9.17) is 45.8 Å². The zero-order valence-corrected chi connectivity index (χ0v) is 29.4. The molecule has 1 aliphatic rings. The molecule has 15 heteroatoms. The van der Waals surface area contributed by atoms with Gasteiger partial charge in [-0.25, -0.2) is 4.39 Å². The number of amides is 1. The van der Waals surface area contributed by atoms with Crippen molar-refractivity contribution < 1.29 is 52.0 Å². The first-order valence-electron chi connectivity index (χ1n) is 15.8. The summed E-state index contributed by atoms with van der Waals surface area (Å²) in [5.41, 5.74) is 7.00. The topological polar surface area (TPSA) is 153 Å². The van der Waals surface area contributed by atoms with Crippen molar-refractivity contribution in [2.24, 2.45) is 5.73 Å². The third-order valence-electron chi connectivity index (χ3n) is 7.69. The number of nitrogens with two attached hydrogens (primary N) is 1. The van der Waals surface area contributed by atoms with Crippen molar-refractivity contribution in [3.63, 3.8) is 0 Å². The van der Waals surface area contributed by atoms with E-state index in [1.807, 2.05) is 0 Å². The van der Waals surface area contributed by atoms with E-state index in [1.54, 1.807) is 30.9 Å². The molecule has 0 fully saturated rings. The maximum atomic E-state index is 15.6. The van der Waals surface area contributed by atoms with Crippen LogP contribution in [-0.4, -0.2) is 75.2 Å². The Kier molecular flexibility index (Phi) is 13.5. The predicted octanol–water partition coefficient (Wildman–Crippen LogP) is 5.60. The molecule has 49 heavy (non-hydrogen) atoms. The summed E-state index contributed by atoms with van der Waals surface area (Å²) in [6.07, 6.45) is -0.251. The fourth-order valence-corrected chi connectivity index (χ4v) is 6.51. The third-order valence-corrected chi connectivity index (χ3v) is 9.21. The molecule has 2 aromatic carbocycles. The largest absolute Gasteiger partial charge is 0.493 e. The number of ketones is 1. The molecule has 2 N–H and O–H groups in total. The number of hydrogen-bond donors (Lipinski definition) is 1. The molecular weight excluding hydrogens is 683 g/mol. The summed E-state index contributed by atoms with van der Waals surface area (Å²) in [6.45, 7) is 4.55. The molecule has 0 radical (unpaired) electrons. The number of methoxy groups -OCH3 is 2. The van der Waals surface area contributed by atoms with Gasteiger partial charge in [0.15, 0.2) is 34.6 Å². The summed E-state index contributed by atoms with van der Waals surface area (Å²) in [5.74, 6) is -1.36. The van der Waals surface area contributed by atoms with E-state index >= 15 is 4.39 Å². The SMILES string of the molecule is CCOC(=O)CCC(=O)c1cc2c(F)c(OCCCOc3c(OC)cc4c(c3Cl)CN(C(=O)CCC(=O)O[C@@H](C)CN)C4)c(OC)cc2s1. The number of hydrogen-bond acceptors (Lipinski definition) is 12. The minimum atomic E-state index is -0.666. The number of halogens is 2. The van der Waals surface area contributed by atoms with Gasteiger partial charge in [0.25, 0.3) is 0 Å². The van der Waals surface area contributed by atoms with Crippen molar-refractivity contribution in [3.8, 4) is 23.0 Å². The van der Waals surface area contributed by atoms with Gasteiger partial charge in [-0.2, -0.15) is 0 Å². The highest BCUT2D eigenvalue weighted by molar-refractivity contribution is 7.20. The lowest BCUT2D eigenvalue weighted by molar-refractivity contribution is -0.150. The zero-order valence-electron chi connectivity index (χ0n) is 27.9. The number of carbonyl (C=O) groups is 4. The number of esters is 2. The standard InChI is InChI=1S/C34H40ClFN2O10S/c1-5-45-29(41)9-7-23(39)27-14-21-26(49-27)15-25(44-4)34(32(21)36)47-12-6-11-46-33-24(43-3)13-20-17-38(18-22(20)31(33)35)28(40)8-10-30(42)48-19(2)16-37/h13-15,19H,5-12,16-18,37H2,1-4H3/t19-/m0/s1. The lowest BCUT2D eigenvalue weighted by Gasteiger charge is -2.16. The molecule has 1 aromatic heterocycles. The van der Waals surface area contributed by atoms with Gasteiger partial charge >= 0.3 is 11.9 Å². The van der Waals surface area contributed by atoms with E-state index in [-0.39, 0.29) is 87.2 Å². The summed E-state index contributed by atoms with van der Waals surface area (Å²) in [7, 11) is 2.87. The monoisotopic (exact) mass is 722 g/mol. The zero-order chi connectivity index (χ0) is 35.7. The first-order valence-corrected chi connectivity index (χ1v) is 17.0. The number of nitrogens with zero attached hydrogens (tertiary/aromatic N) is 1. The lowest BCUT2D eigenvalue weighted by atomic mass is 10.1. The molecule has 1 amide bonds. The summed E-state index contributed by atoms with van der Waals surface area (Å²) in [4.78, 5) is 51.0. The lowest BCUT2D eigenvalue weighted by Crippen LogP contribution is -2.27. The normalized spacial score (nSPS) is 12.8. The van der Waals surface area contributed by atoms with Crippen LogP contribution in [0.4, 0.5) is 4.39 Å². The van der Waals surface area contributed by atoms with Crippen molar-refractivity contribution in [2.75, 3.05) is 40.6 Å². The second-order valence-corrected chi connectivity index (χ2v) is 12.6. The van der Waals surface area contributed by atoms with Crippen LogP contribution >= 0.6 is 22.9 Å². The molecular formula is C34H40ClFN2O10S. The number of benzene rings is 2.